The van der Waals surface area contributed by atoms with Gasteiger partial charge in [-0.3, -0.25) is 9.59 Å². The smallest absolute Gasteiger partial charge is 0.262 e. The summed E-state index contributed by atoms with van der Waals surface area (Å²) in [6, 6.07) is 14.1. The van der Waals surface area contributed by atoms with Gasteiger partial charge < -0.3 is 14.8 Å². The van der Waals surface area contributed by atoms with E-state index in [1.54, 1.807) is 42.5 Å². The Labute approximate surface area is 145 Å². The van der Waals surface area contributed by atoms with E-state index in [1.165, 1.54) is 20.2 Å². The van der Waals surface area contributed by atoms with Gasteiger partial charge >= 0.3 is 0 Å². The van der Waals surface area contributed by atoms with Crippen molar-refractivity contribution in [3.8, 4) is 11.5 Å². The number of anilines is 1. The number of carbonyl (C=O) groups is 2. The number of amides is 2. The molecule has 2 aromatic carbocycles. The van der Waals surface area contributed by atoms with E-state index in [9.17, 15) is 9.59 Å². The lowest BCUT2D eigenvalue weighted by Crippen LogP contribution is -2.20. The molecule has 0 bridgehead atoms. The summed E-state index contributed by atoms with van der Waals surface area (Å²) in [4.78, 5) is 22.7. The van der Waals surface area contributed by atoms with Gasteiger partial charge in [-0.2, -0.15) is 5.10 Å². The van der Waals surface area contributed by atoms with Crippen LogP contribution in [0.2, 0.25) is 0 Å². The highest BCUT2D eigenvalue weighted by molar-refractivity contribution is 5.93. The molecular weight excluding hydrogens is 322 g/mol. The molecule has 0 aliphatic heterocycles. The van der Waals surface area contributed by atoms with Gasteiger partial charge in [-0.25, -0.2) is 5.43 Å². The first-order chi connectivity index (χ1) is 12.1. The number of hydrogen-bond acceptors (Lipinski definition) is 5. The van der Waals surface area contributed by atoms with Gasteiger partial charge in [-0.05, 0) is 42.0 Å². The molecule has 7 nitrogen and oxygen atoms in total. The fourth-order valence-corrected chi connectivity index (χ4v) is 1.93. The van der Waals surface area contributed by atoms with Crippen LogP contribution in [0.4, 0.5) is 5.69 Å². The normalized spacial score (nSPS) is 10.3. The third kappa shape index (κ3) is 5.98. The molecule has 0 saturated carbocycles. The Morgan fingerprint density at radius 2 is 1.84 bits per heavy atom. The van der Waals surface area contributed by atoms with Crippen molar-refractivity contribution >= 4 is 23.7 Å². The maximum absolute atomic E-state index is 12.0. The van der Waals surface area contributed by atoms with E-state index in [0.717, 1.165) is 5.56 Å². The van der Waals surface area contributed by atoms with Crippen LogP contribution in [0.1, 0.15) is 12.5 Å². The number of para-hydroxylation sites is 2. The molecule has 2 rings (SSSR count). The van der Waals surface area contributed by atoms with E-state index in [1.807, 2.05) is 6.07 Å². The molecule has 0 aromatic heterocycles. The molecule has 0 radical (unpaired) electrons. The first-order valence-electron chi connectivity index (χ1n) is 7.54. The highest BCUT2D eigenvalue weighted by Gasteiger charge is 2.07. The van der Waals surface area contributed by atoms with Crippen LogP contribution in [-0.4, -0.2) is 31.7 Å². The lowest BCUT2D eigenvalue weighted by Gasteiger charge is -2.10. The van der Waals surface area contributed by atoms with Crippen molar-refractivity contribution in [3.05, 3.63) is 54.1 Å². The van der Waals surface area contributed by atoms with Crippen molar-refractivity contribution in [2.45, 2.75) is 6.92 Å². The molecule has 0 aliphatic carbocycles. The van der Waals surface area contributed by atoms with Crippen LogP contribution in [0.5, 0.6) is 11.5 Å². The number of nitrogens with zero attached hydrogens (tertiary/aromatic N) is 1. The maximum atomic E-state index is 12.0. The Balaban J connectivity index is 1.85. The van der Waals surface area contributed by atoms with Gasteiger partial charge in [-0.15, -0.1) is 0 Å². The summed E-state index contributed by atoms with van der Waals surface area (Å²) in [5.74, 6) is 0.601. The number of ether oxygens (including phenoxy) is 2. The topological polar surface area (TPSA) is 89.0 Å². The number of carbonyl (C=O) groups excluding carboxylic acids is 2. The van der Waals surface area contributed by atoms with E-state index in [-0.39, 0.29) is 18.4 Å². The van der Waals surface area contributed by atoms with Gasteiger partial charge in [0, 0.05) is 6.92 Å². The molecule has 0 spiro atoms. The van der Waals surface area contributed by atoms with Gasteiger partial charge in [0.15, 0.2) is 6.61 Å². The van der Waals surface area contributed by atoms with Crippen molar-refractivity contribution in [2.75, 3.05) is 19.0 Å². The van der Waals surface area contributed by atoms with Gasteiger partial charge in [-0.1, -0.05) is 12.1 Å². The van der Waals surface area contributed by atoms with Crippen molar-refractivity contribution in [1.82, 2.24) is 5.43 Å². The Bertz CT molecular complexity index is 757. The molecule has 0 atom stereocenters. The SMILES string of the molecule is COc1ccccc1NC(=O)COc1ccc(/C=N/NC(C)=O)cc1. The zero-order valence-electron chi connectivity index (χ0n) is 14.0. The molecule has 0 saturated heterocycles. The highest BCUT2D eigenvalue weighted by Crippen LogP contribution is 2.22. The molecule has 2 aromatic rings. The molecule has 0 aliphatic rings. The minimum Gasteiger partial charge on any atom is -0.495 e. The minimum atomic E-state index is -0.291. The Kier molecular flexibility index (Phi) is 6.53. The van der Waals surface area contributed by atoms with Crippen molar-refractivity contribution < 1.29 is 19.1 Å². The van der Waals surface area contributed by atoms with Gasteiger partial charge in [0.1, 0.15) is 11.5 Å². The number of rotatable bonds is 7. The fraction of sp³-hybridized carbons (Fsp3) is 0.167. The standard InChI is InChI=1S/C18H19N3O4/c1-13(22)21-19-11-14-7-9-15(10-8-14)25-12-18(23)20-16-5-3-4-6-17(16)24-2/h3-11H,12H2,1-2H3,(H,20,23)(H,21,22)/b19-11+. The summed E-state index contributed by atoms with van der Waals surface area (Å²) in [6.45, 7) is 1.25. The second kappa shape index (κ2) is 9.07. The van der Waals surface area contributed by atoms with Gasteiger partial charge in [0.05, 0.1) is 19.0 Å². The van der Waals surface area contributed by atoms with Crippen LogP contribution in [0.15, 0.2) is 53.6 Å². The second-order valence-electron chi connectivity index (χ2n) is 5.03. The lowest BCUT2D eigenvalue weighted by atomic mass is 10.2. The summed E-state index contributed by atoms with van der Waals surface area (Å²) < 4.78 is 10.6. The van der Waals surface area contributed by atoms with Crippen LogP contribution in [0, 0.1) is 0 Å². The monoisotopic (exact) mass is 341 g/mol. The molecular formula is C18H19N3O4. The average molecular weight is 341 g/mol. The molecule has 25 heavy (non-hydrogen) atoms. The lowest BCUT2D eigenvalue weighted by molar-refractivity contribution is -0.119. The van der Waals surface area contributed by atoms with Crippen molar-refractivity contribution in [3.63, 3.8) is 0 Å². The Morgan fingerprint density at radius 1 is 1.12 bits per heavy atom. The number of nitrogens with one attached hydrogen (secondary N) is 2. The zero-order chi connectivity index (χ0) is 18.1. The maximum Gasteiger partial charge on any atom is 0.262 e. The van der Waals surface area contributed by atoms with Crippen LogP contribution < -0.4 is 20.2 Å². The summed E-state index contributed by atoms with van der Waals surface area (Å²) in [6.07, 6.45) is 1.51. The summed E-state index contributed by atoms with van der Waals surface area (Å²) >= 11 is 0. The number of hydrazone groups is 1. The Hall–Kier alpha value is -3.35. The summed E-state index contributed by atoms with van der Waals surface area (Å²) in [5.41, 5.74) is 3.69. The minimum absolute atomic E-state index is 0.128. The molecule has 0 fully saturated rings. The fourth-order valence-electron chi connectivity index (χ4n) is 1.93. The van der Waals surface area contributed by atoms with Crippen LogP contribution in [0.25, 0.3) is 0 Å². The second-order valence-corrected chi connectivity index (χ2v) is 5.03. The molecule has 0 unspecified atom stereocenters. The third-order valence-electron chi connectivity index (χ3n) is 3.07. The Morgan fingerprint density at radius 3 is 2.52 bits per heavy atom. The largest absolute Gasteiger partial charge is 0.495 e. The molecule has 7 heteroatoms. The van der Waals surface area contributed by atoms with Crippen LogP contribution in [0.3, 0.4) is 0 Å². The first kappa shape index (κ1) is 18.0. The first-order valence-corrected chi connectivity index (χ1v) is 7.54. The van der Waals surface area contributed by atoms with Crippen molar-refractivity contribution in [1.29, 1.82) is 0 Å². The number of methoxy groups -OCH3 is 1. The van der Waals surface area contributed by atoms with Gasteiger partial charge in [0.2, 0.25) is 5.91 Å². The number of hydrogen-bond donors (Lipinski definition) is 2. The van der Waals surface area contributed by atoms with E-state index in [2.05, 4.69) is 15.8 Å². The summed E-state index contributed by atoms with van der Waals surface area (Å²) in [7, 11) is 1.54. The highest BCUT2D eigenvalue weighted by atomic mass is 16.5. The third-order valence-corrected chi connectivity index (χ3v) is 3.07. The van der Waals surface area contributed by atoms with E-state index in [0.29, 0.717) is 17.2 Å². The van der Waals surface area contributed by atoms with Crippen LogP contribution in [-0.2, 0) is 9.59 Å². The zero-order valence-corrected chi connectivity index (χ0v) is 14.0. The predicted molar refractivity (Wildman–Crippen MR) is 95.0 cm³/mol. The quantitative estimate of drug-likeness (QED) is 0.597. The van der Waals surface area contributed by atoms with E-state index in [4.69, 9.17) is 9.47 Å². The molecule has 2 N–H and O–H groups in total. The number of benzene rings is 2. The van der Waals surface area contributed by atoms with Crippen LogP contribution >= 0.6 is 0 Å². The molecule has 0 heterocycles. The van der Waals surface area contributed by atoms with E-state index >= 15 is 0 Å². The summed E-state index contributed by atoms with van der Waals surface area (Å²) in [5, 5.41) is 6.50. The van der Waals surface area contributed by atoms with Crippen molar-refractivity contribution in [2.24, 2.45) is 5.10 Å². The molecule has 130 valence electrons. The van der Waals surface area contributed by atoms with Gasteiger partial charge in [0.25, 0.3) is 5.91 Å². The molecule has 2 amide bonds. The predicted octanol–water partition coefficient (Wildman–Crippen LogP) is 2.18. The average Bonchev–Trinajstić information content (AvgIpc) is 2.61. The van der Waals surface area contributed by atoms with E-state index < -0.39 is 0 Å².